The van der Waals surface area contributed by atoms with Gasteiger partial charge < -0.3 is 4.90 Å². The zero-order valence-electron chi connectivity index (χ0n) is 17.2. The zero-order valence-corrected chi connectivity index (χ0v) is 18.0. The van der Waals surface area contributed by atoms with Crippen molar-refractivity contribution in [1.82, 2.24) is 9.21 Å². The smallest absolute Gasteiger partial charge is 0.270 e. The predicted molar refractivity (Wildman–Crippen MR) is 114 cm³/mol. The number of aliphatic imine (C=N–C) groups is 1. The van der Waals surface area contributed by atoms with Crippen molar-refractivity contribution in [3.05, 3.63) is 65.0 Å². The summed E-state index contributed by atoms with van der Waals surface area (Å²) < 4.78 is 41.0. The number of rotatable bonds is 3. The number of hydrogen-bond acceptors (Lipinski definition) is 4. The van der Waals surface area contributed by atoms with Gasteiger partial charge >= 0.3 is 0 Å². The number of hydrogen-bond donors (Lipinski definition) is 0. The molecule has 0 saturated carbocycles. The number of nitrogens with zero attached hydrogens (tertiary/aromatic N) is 3. The number of aryl methyl sites for hydroxylation is 2. The third-order valence-electron chi connectivity index (χ3n) is 5.63. The van der Waals surface area contributed by atoms with Crippen LogP contribution < -0.4 is 0 Å². The van der Waals surface area contributed by atoms with E-state index in [-0.39, 0.29) is 48.3 Å². The quantitative estimate of drug-likeness (QED) is 0.716. The van der Waals surface area contributed by atoms with E-state index in [1.807, 2.05) is 13.0 Å². The van der Waals surface area contributed by atoms with E-state index in [0.29, 0.717) is 5.56 Å². The van der Waals surface area contributed by atoms with Crippen LogP contribution in [0.25, 0.3) is 0 Å². The van der Waals surface area contributed by atoms with Crippen LogP contribution in [-0.4, -0.2) is 61.3 Å². The molecule has 2 heterocycles. The van der Waals surface area contributed by atoms with Crippen molar-refractivity contribution < 1.29 is 22.4 Å². The molecule has 0 bridgehead atoms. The molecule has 1 unspecified atom stereocenters. The lowest BCUT2D eigenvalue weighted by molar-refractivity contribution is -0.129. The summed E-state index contributed by atoms with van der Waals surface area (Å²) in [5.41, 5.74) is 2.09. The number of amides is 2. The number of fused-ring (bicyclic) bond motifs is 1. The molecule has 162 valence electrons. The number of allylic oxidation sites excluding steroid dienone is 4. The van der Waals surface area contributed by atoms with Crippen LogP contribution in [0.4, 0.5) is 4.39 Å². The molecule has 31 heavy (non-hydrogen) atoms. The number of halogens is 1. The van der Waals surface area contributed by atoms with Crippen LogP contribution >= 0.6 is 0 Å². The van der Waals surface area contributed by atoms with Crippen LogP contribution in [0.1, 0.15) is 11.1 Å². The van der Waals surface area contributed by atoms with Crippen molar-refractivity contribution in [1.29, 1.82) is 0 Å². The van der Waals surface area contributed by atoms with Gasteiger partial charge in [-0.05, 0) is 37.6 Å². The molecule has 1 aromatic carbocycles. The van der Waals surface area contributed by atoms with Gasteiger partial charge in [-0.2, -0.15) is 4.31 Å². The van der Waals surface area contributed by atoms with Crippen molar-refractivity contribution in [2.75, 3.05) is 26.2 Å². The first-order chi connectivity index (χ1) is 14.7. The van der Waals surface area contributed by atoms with Gasteiger partial charge in [0.25, 0.3) is 11.8 Å². The Morgan fingerprint density at radius 1 is 1.13 bits per heavy atom. The van der Waals surface area contributed by atoms with E-state index in [1.54, 1.807) is 19.1 Å². The number of piperazine rings is 1. The Kier molecular flexibility index (Phi) is 5.49. The van der Waals surface area contributed by atoms with Crippen molar-refractivity contribution in [3.8, 4) is 0 Å². The second-order valence-electron chi connectivity index (χ2n) is 7.81. The molecular formula is C22H22FN3O4S. The first-order valence-corrected chi connectivity index (χ1v) is 11.4. The van der Waals surface area contributed by atoms with Gasteiger partial charge in [0.05, 0.1) is 16.5 Å². The molecular weight excluding hydrogens is 421 g/mol. The Bertz CT molecular complexity index is 1190. The number of benzene rings is 1. The molecule has 0 radical (unpaired) electrons. The molecule has 1 fully saturated rings. The lowest BCUT2D eigenvalue weighted by Crippen LogP contribution is -2.51. The summed E-state index contributed by atoms with van der Waals surface area (Å²) in [4.78, 5) is 30.6. The topological polar surface area (TPSA) is 87.1 Å². The molecule has 1 saturated heterocycles. The van der Waals surface area contributed by atoms with Crippen molar-refractivity contribution in [3.63, 3.8) is 0 Å². The fraction of sp³-hybridized carbons (Fsp3) is 0.318. The summed E-state index contributed by atoms with van der Waals surface area (Å²) in [6, 6.07) is 5.20. The molecule has 7 nitrogen and oxygen atoms in total. The Balaban J connectivity index is 1.48. The van der Waals surface area contributed by atoms with E-state index in [2.05, 4.69) is 4.99 Å². The van der Waals surface area contributed by atoms with Gasteiger partial charge in [0.15, 0.2) is 0 Å². The summed E-state index contributed by atoms with van der Waals surface area (Å²) in [7, 11) is -3.67. The maximum atomic E-state index is 13.5. The molecule has 0 aromatic heterocycles. The van der Waals surface area contributed by atoms with Gasteiger partial charge in [-0.25, -0.2) is 17.8 Å². The van der Waals surface area contributed by atoms with Crippen LogP contribution in [0, 0.1) is 19.8 Å². The largest absolute Gasteiger partial charge is 0.336 e. The van der Waals surface area contributed by atoms with Gasteiger partial charge in [-0.3, -0.25) is 9.59 Å². The number of carbonyl (C=O) groups is 2. The minimum atomic E-state index is -3.67. The van der Waals surface area contributed by atoms with Crippen LogP contribution in [-0.2, 0) is 19.6 Å². The number of dihydropyridines is 1. The molecule has 2 aliphatic heterocycles. The Labute approximate surface area is 180 Å². The minimum absolute atomic E-state index is 0.151. The highest BCUT2D eigenvalue weighted by Gasteiger charge is 2.35. The standard InChI is InChI=1S/C22H22FN3O4S/c1-14-3-6-20(15(2)11-14)31(29,30)26-9-7-25(8-10-26)22(28)18-13-21(27)24-19-12-16(23)4-5-17(18)19/h3-6,11-13,17H,7-10H2,1-2H3. The number of carbonyl (C=O) groups excluding carboxylic acids is 2. The number of sulfonamides is 1. The highest BCUT2D eigenvalue weighted by molar-refractivity contribution is 7.89. The average Bonchev–Trinajstić information content (AvgIpc) is 2.72. The van der Waals surface area contributed by atoms with E-state index < -0.39 is 27.7 Å². The molecule has 3 aliphatic rings. The average molecular weight is 444 g/mol. The lowest BCUT2D eigenvalue weighted by atomic mass is 9.87. The van der Waals surface area contributed by atoms with Crippen molar-refractivity contribution >= 4 is 27.5 Å². The normalized spacial score (nSPS) is 21.9. The zero-order chi connectivity index (χ0) is 22.3. The summed E-state index contributed by atoms with van der Waals surface area (Å²) in [6.45, 7) is 4.36. The first-order valence-electron chi connectivity index (χ1n) is 9.93. The van der Waals surface area contributed by atoms with Crippen LogP contribution in [0.3, 0.4) is 0 Å². The van der Waals surface area contributed by atoms with Gasteiger partial charge in [-0.1, -0.05) is 23.8 Å². The SMILES string of the molecule is Cc1ccc(S(=O)(=O)N2CCN(C(=O)C3=CC(=O)N=C4C=C(F)C=CC34)CC2)c(C)c1. The maximum absolute atomic E-state index is 13.5. The maximum Gasteiger partial charge on any atom is 0.270 e. The van der Waals surface area contributed by atoms with Crippen LogP contribution in [0.5, 0.6) is 0 Å². The third-order valence-corrected chi connectivity index (χ3v) is 7.69. The highest BCUT2D eigenvalue weighted by atomic mass is 32.2. The van der Waals surface area contributed by atoms with Gasteiger partial charge in [0, 0.05) is 37.8 Å². The van der Waals surface area contributed by atoms with E-state index in [0.717, 1.165) is 11.6 Å². The molecule has 1 aliphatic carbocycles. The van der Waals surface area contributed by atoms with Crippen LogP contribution in [0.15, 0.2) is 63.8 Å². The predicted octanol–water partition coefficient (Wildman–Crippen LogP) is 2.08. The molecule has 1 atom stereocenters. The van der Waals surface area contributed by atoms with Gasteiger partial charge in [0.2, 0.25) is 10.0 Å². The summed E-state index contributed by atoms with van der Waals surface area (Å²) in [6.07, 6.45) is 5.08. The van der Waals surface area contributed by atoms with Gasteiger partial charge in [-0.15, -0.1) is 0 Å². The fourth-order valence-corrected chi connectivity index (χ4v) is 5.68. The summed E-state index contributed by atoms with van der Waals surface area (Å²) in [5.74, 6) is -2.08. The second kappa shape index (κ2) is 7.97. The molecule has 4 rings (SSSR count). The van der Waals surface area contributed by atoms with Crippen molar-refractivity contribution in [2.24, 2.45) is 10.9 Å². The first kappa shape index (κ1) is 21.3. The van der Waals surface area contributed by atoms with Crippen molar-refractivity contribution in [2.45, 2.75) is 18.7 Å². The Morgan fingerprint density at radius 2 is 1.84 bits per heavy atom. The Morgan fingerprint density at radius 3 is 2.52 bits per heavy atom. The third kappa shape index (κ3) is 4.03. The highest BCUT2D eigenvalue weighted by Crippen LogP contribution is 2.28. The Hall–Kier alpha value is -2.91. The monoisotopic (exact) mass is 443 g/mol. The second-order valence-corrected chi connectivity index (χ2v) is 9.71. The van der Waals surface area contributed by atoms with E-state index in [1.165, 1.54) is 27.4 Å². The fourth-order valence-electron chi connectivity index (χ4n) is 4.05. The molecule has 0 spiro atoms. The van der Waals surface area contributed by atoms with Gasteiger partial charge in [0.1, 0.15) is 5.83 Å². The summed E-state index contributed by atoms with van der Waals surface area (Å²) in [5, 5.41) is 0. The van der Waals surface area contributed by atoms with E-state index >= 15 is 0 Å². The molecule has 1 aromatic rings. The molecule has 2 amide bonds. The summed E-state index contributed by atoms with van der Waals surface area (Å²) >= 11 is 0. The van der Waals surface area contributed by atoms with E-state index in [9.17, 15) is 22.4 Å². The minimum Gasteiger partial charge on any atom is -0.336 e. The molecule has 9 heteroatoms. The lowest BCUT2D eigenvalue weighted by Gasteiger charge is -2.35. The van der Waals surface area contributed by atoms with E-state index in [4.69, 9.17) is 0 Å². The van der Waals surface area contributed by atoms with Crippen LogP contribution in [0.2, 0.25) is 0 Å². The molecule has 0 N–H and O–H groups in total.